The van der Waals surface area contributed by atoms with Gasteiger partial charge in [0.15, 0.2) is 5.82 Å². The summed E-state index contributed by atoms with van der Waals surface area (Å²) in [7, 11) is 1.58. The topological polar surface area (TPSA) is 84.3 Å². The van der Waals surface area contributed by atoms with Crippen LogP contribution in [0.25, 0.3) is 0 Å². The van der Waals surface area contributed by atoms with Crippen molar-refractivity contribution in [2.24, 2.45) is 5.92 Å². The van der Waals surface area contributed by atoms with E-state index in [1.54, 1.807) is 7.11 Å². The van der Waals surface area contributed by atoms with Crippen molar-refractivity contribution in [1.82, 2.24) is 9.36 Å². The summed E-state index contributed by atoms with van der Waals surface area (Å²) in [4.78, 5) is 15.2. The van der Waals surface area contributed by atoms with Crippen LogP contribution >= 0.6 is 11.5 Å². The van der Waals surface area contributed by atoms with Crippen molar-refractivity contribution in [3.63, 3.8) is 0 Å². The highest BCUT2D eigenvalue weighted by Gasteiger charge is 2.23. The van der Waals surface area contributed by atoms with Crippen LogP contribution in [-0.4, -0.2) is 33.6 Å². The number of nitrogens with zero attached hydrogens (tertiary/aromatic N) is 2. The van der Waals surface area contributed by atoms with Crippen LogP contribution in [-0.2, 0) is 9.53 Å². The third kappa shape index (κ3) is 3.64. The number of hydrogen-bond acceptors (Lipinski definition) is 6. The van der Waals surface area contributed by atoms with Gasteiger partial charge in [0, 0.05) is 18.6 Å². The number of carboxylic acid groups (broad SMARTS) is 1. The average molecular weight is 259 g/mol. The van der Waals surface area contributed by atoms with Crippen LogP contribution in [0, 0.1) is 5.92 Å². The minimum atomic E-state index is -0.892. The highest BCUT2D eigenvalue weighted by atomic mass is 32.1. The maximum Gasteiger partial charge on any atom is 0.326 e. The van der Waals surface area contributed by atoms with Crippen molar-refractivity contribution < 1.29 is 14.6 Å². The maximum atomic E-state index is 11.0. The van der Waals surface area contributed by atoms with Gasteiger partial charge in [0.25, 0.3) is 0 Å². The van der Waals surface area contributed by atoms with Gasteiger partial charge in [-0.2, -0.15) is 4.37 Å². The summed E-state index contributed by atoms with van der Waals surface area (Å²) >= 11 is 1.14. The molecule has 1 aromatic heterocycles. The van der Waals surface area contributed by atoms with Gasteiger partial charge in [0.2, 0.25) is 5.13 Å². The zero-order valence-corrected chi connectivity index (χ0v) is 11.1. The van der Waals surface area contributed by atoms with E-state index in [9.17, 15) is 4.79 Å². The van der Waals surface area contributed by atoms with Crippen molar-refractivity contribution in [2.45, 2.75) is 32.9 Å². The van der Waals surface area contributed by atoms with Gasteiger partial charge in [-0.05, 0) is 12.8 Å². The standard InChI is InChI=1S/C10H17N3O3S/c1-5(2)7(9(14)15)11-10-12-8(13-17-10)6(3)16-4/h5-7H,1-4H3,(H,14,15)(H,11,12,13)/t6?,7-/m0/s1. The summed E-state index contributed by atoms with van der Waals surface area (Å²) in [5.74, 6) is -0.357. The Bertz CT molecular complexity index is 381. The highest BCUT2D eigenvalue weighted by molar-refractivity contribution is 7.09. The number of anilines is 1. The second-order valence-corrected chi connectivity index (χ2v) is 4.79. The van der Waals surface area contributed by atoms with E-state index in [-0.39, 0.29) is 12.0 Å². The summed E-state index contributed by atoms with van der Waals surface area (Å²) in [5.41, 5.74) is 0. The van der Waals surface area contributed by atoms with Crippen LogP contribution in [0.2, 0.25) is 0 Å². The van der Waals surface area contributed by atoms with Crippen LogP contribution in [0.1, 0.15) is 32.7 Å². The lowest BCUT2D eigenvalue weighted by Gasteiger charge is -2.16. The smallest absolute Gasteiger partial charge is 0.326 e. The van der Waals surface area contributed by atoms with Crippen LogP contribution < -0.4 is 5.32 Å². The molecule has 1 rings (SSSR count). The van der Waals surface area contributed by atoms with Gasteiger partial charge in [0.1, 0.15) is 12.1 Å². The predicted molar refractivity (Wildman–Crippen MR) is 65.2 cm³/mol. The fourth-order valence-corrected chi connectivity index (χ4v) is 1.89. The molecular formula is C10H17N3O3S. The molecule has 0 aliphatic rings. The Kier molecular flexibility index (Phi) is 4.83. The fraction of sp³-hybridized carbons (Fsp3) is 0.700. The third-order valence-corrected chi connectivity index (χ3v) is 3.03. The monoisotopic (exact) mass is 259 g/mol. The average Bonchev–Trinajstić information content (AvgIpc) is 2.72. The van der Waals surface area contributed by atoms with Gasteiger partial charge >= 0.3 is 5.97 Å². The summed E-state index contributed by atoms with van der Waals surface area (Å²) in [6, 6.07) is -0.659. The molecule has 0 radical (unpaired) electrons. The SMILES string of the molecule is COC(C)c1nsc(N[C@H](C(=O)O)C(C)C)n1. The van der Waals surface area contributed by atoms with Crippen molar-refractivity contribution in [1.29, 1.82) is 0 Å². The first-order valence-electron chi connectivity index (χ1n) is 5.31. The Labute approximate surface area is 104 Å². The highest BCUT2D eigenvalue weighted by Crippen LogP contribution is 2.20. The van der Waals surface area contributed by atoms with Gasteiger partial charge < -0.3 is 15.2 Å². The molecule has 0 saturated heterocycles. The molecule has 0 aliphatic carbocycles. The minimum Gasteiger partial charge on any atom is -0.480 e. The van der Waals surface area contributed by atoms with E-state index in [2.05, 4.69) is 14.7 Å². The molecule has 6 nitrogen and oxygen atoms in total. The van der Waals surface area contributed by atoms with Crippen LogP contribution in [0.5, 0.6) is 0 Å². The van der Waals surface area contributed by atoms with Crippen molar-refractivity contribution >= 4 is 22.6 Å². The van der Waals surface area contributed by atoms with Crippen molar-refractivity contribution in [3.05, 3.63) is 5.82 Å². The molecule has 17 heavy (non-hydrogen) atoms. The molecule has 0 fully saturated rings. The normalized spacial score (nSPS) is 14.6. The Balaban J connectivity index is 2.74. The third-order valence-electron chi connectivity index (χ3n) is 2.37. The second-order valence-electron chi connectivity index (χ2n) is 4.04. The summed E-state index contributed by atoms with van der Waals surface area (Å²) < 4.78 is 9.20. The molecule has 1 heterocycles. The van der Waals surface area contributed by atoms with Gasteiger partial charge in [-0.15, -0.1) is 0 Å². The van der Waals surface area contributed by atoms with E-state index >= 15 is 0 Å². The fourth-order valence-electron chi connectivity index (χ4n) is 1.21. The van der Waals surface area contributed by atoms with E-state index in [1.165, 1.54) is 0 Å². The first kappa shape index (κ1) is 13.9. The number of ether oxygens (including phenoxy) is 1. The first-order valence-corrected chi connectivity index (χ1v) is 6.08. The summed E-state index contributed by atoms with van der Waals surface area (Å²) in [6.45, 7) is 5.51. The number of hydrogen-bond donors (Lipinski definition) is 2. The molecule has 2 atom stereocenters. The lowest BCUT2D eigenvalue weighted by Crippen LogP contribution is -2.34. The largest absolute Gasteiger partial charge is 0.480 e. The summed E-state index contributed by atoms with van der Waals surface area (Å²) in [5, 5.41) is 12.4. The van der Waals surface area contributed by atoms with Gasteiger partial charge in [0.05, 0.1) is 0 Å². The number of rotatable bonds is 6. The van der Waals surface area contributed by atoms with Gasteiger partial charge in [-0.3, -0.25) is 0 Å². The maximum absolute atomic E-state index is 11.0. The molecule has 96 valence electrons. The van der Waals surface area contributed by atoms with Crippen molar-refractivity contribution in [2.75, 3.05) is 12.4 Å². The van der Waals surface area contributed by atoms with E-state index < -0.39 is 12.0 Å². The Morgan fingerprint density at radius 1 is 1.47 bits per heavy atom. The van der Waals surface area contributed by atoms with E-state index in [1.807, 2.05) is 20.8 Å². The number of methoxy groups -OCH3 is 1. The molecule has 0 aliphatic heterocycles. The number of nitrogens with one attached hydrogen (secondary N) is 1. The molecule has 7 heteroatoms. The quantitative estimate of drug-likeness (QED) is 0.810. The second kappa shape index (κ2) is 5.92. The molecule has 2 N–H and O–H groups in total. The molecular weight excluding hydrogens is 242 g/mol. The zero-order chi connectivity index (χ0) is 13.0. The van der Waals surface area contributed by atoms with E-state index in [0.717, 1.165) is 11.5 Å². The number of aromatic nitrogens is 2. The summed E-state index contributed by atoms with van der Waals surface area (Å²) in [6.07, 6.45) is -0.191. The molecule has 1 unspecified atom stereocenters. The first-order chi connectivity index (χ1) is 7.95. The van der Waals surface area contributed by atoms with Crippen LogP contribution in [0.4, 0.5) is 5.13 Å². The Hall–Kier alpha value is -1.21. The number of aliphatic carboxylic acids is 1. The molecule has 0 saturated carbocycles. The number of carbonyl (C=O) groups is 1. The molecule has 1 aromatic rings. The van der Waals surface area contributed by atoms with Crippen LogP contribution in [0.3, 0.4) is 0 Å². The molecule has 0 bridgehead atoms. The molecule has 0 spiro atoms. The van der Waals surface area contributed by atoms with E-state index in [0.29, 0.717) is 11.0 Å². The zero-order valence-electron chi connectivity index (χ0n) is 10.3. The Morgan fingerprint density at radius 2 is 2.12 bits per heavy atom. The van der Waals surface area contributed by atoms with Crippen LogP contribution in [0.15, 0.2) is 0 Å². The predicted octanol–water partition coefficient (Wildman–Crippen LogP) is 1.77. The minimum absolute atomic E-state index is 0.0281. The Morgan fingerprint density at radius 3 is 2.59 bits per heavy atom. The molecule has 0 amide bonds. The van der Waals surface area contributed by atoms with E-state index in [4.69, 9.17) is 9.84 Å². The number of carboxylic acids is 1. The van der Waals surface area contributed by atoms with Gasteiger partial charge in [-0.1, -0.05) is 13.8 Å². The lowest BCUT2D eigenvalue weighted by molar-refractivity contribution is -0.138. The van der Waals surface area contributed by atoms with Gasteiger partial charge in [-0.25, -0.2) is 9.78 Å². The van der Waals surface area contributed by atoms with Crippen molar-refractivity contribution in [3.8, 4) is 0 Å². The lowest BCUT2D eigenvalue weighted by atomic mass is 10.1. The molecule has 0 aromatic carbocycles.